The number of halogens is 1. The van der Waals surface area contributed by atoms with Crippen molar-refractivity contribution in [1.82, 2.24) is 9.78 Å². The van der Waals surface area contributed by atoms with Crippen molar-refractivity contribution < 1.29 is 8.42 Å². The first-order chi connectivity index (χ1) is 9.70. The Kier molecular flexibility index (Phi) is 4.41. The monoisotopic (exact) mass is 327 g/mol. The number of sulfone groups is 1. The summed E-state index contributed by atoms with van der Waals surface area (Å²) in [7, 11) is -1.41. The zero-order valence-corrected chi connectivity index (χ0v) is 13.7. The zero-order valence-electron chi connectivity index (χ0n) is 12.2. The lowest BCUT2D eigenvalue weighted by Gasteiger charge is -2.12. The molecule has 0 amide bonds. The topological polar surface area (TPSA) is 78.0 Å². The van der Waals surface area contributed by atoms with Crippen molar-refractivity contribution in [3.63, 3.8) is 0 Å². The molecule has 0 saturated heterocycles. The second-order valence-electron chi connectivity index (χ2n) is 5.13. The van der Waals surface area contributed by atoms with Crippen LogP contribution in [-0.2, 0) is 23.3 Å². The normalized spacial score (nSPS) is 13.4. The molecule has 5 nitrogen and oxygen atoms in total. The van der Waals surface area contributed by atoms with Crippen LogP contribution in [-0.4, -0.2) is 24.5 Å². The molecule has 1 atom stereocenters. The van der Waals surface area contributed by atoms with Crippen LogP contribution < -0.4 is 5.73 Å². The van der Waals surface area contributed by atoms with Crippen LogP contribution >= 0.6 is 11.6 Å². The molecule has 0 spiro atoms. The molecule has 2 aromatic rings. The molecule has 1 heterocycles. The standard InChI is InChI=1S/C14H18ClN3O2S/c1-9-12(14(15)18(2)17-9)8-13(16)10-4-6-11(7-5-10)21(3,19)20/h4-7,13H,8,16H2,1-3H3. The highest BCUT2D eigenvalue weighted by atomic mass is 35.5. The summed E-state index contributed by atoms with van der Waals surface area (Å²) >= 11 is 6.20. The van der Waals surface area contributed by atoms with Gasteiger partial charge in [-0.2, -0.15) is 5.10 Å². The van der Waals surface area contributed by atoms with Gasteiger partial charge in [0.1, 0.15) is 5.15 Å². The van der Waals surface area contributed by atoms with Crippen molar-refractivity contribution in [2.75, 3.05) is 6.26 Å². The van der Waals surface area contributed by atoms with Crippen molar-refractivity contribution in [3.8, 4) is 0 Å². The number of benzene rings is 1. The lowest BCUT2D eigenvalue weighted by molar-refractivity contribution is 0.601. The molecular weight excluding hydrogens is 310 g/mol. The van der Waals surface area contributed by atoms with Crippen LogP contribution in [0.3, 0.4) is 0 Å². The summed E-state index contributed by atoms with van der Waals surface area (Å²) in [5.41, 5.74) is 8.82. The van der Waals surface area contributed by atoms with E-state index in [0.29, 0.717) is 11.6 Å². The Morgan fingerprint density at radius 2 is 1.90 bits per heavy atom. The predicted octanol–water partition coefficient (Wildman–Crippen LogP) is 2.03. The average molecular weight is 328 g/mol. The van der Waals surface area contributed by atoms with Gasteiger partial charge in [-0.1, -0.05) is 23.7 Å². The fourth-order valence-corrected chi connectivity index (χ4v) is 3.09. The molecular formula is C14H18ClN3O2S. The number of aromatic nitrogens is 2. The average Bonchev–Trinajstić information content (AvgIpc) is 2.64. The number of aryl methyl sites for hydroxylation is 2. The van der Waals surface area contributed by atoms with E-state index in [-0.39, 0.29) is 10.9 Å². The second-order valence-corrected chi connectivity index (χ2v) is 7.50. The SMILES string of the molecule is Cc1nn(C)c(Cl)c1CC(N)c1ccc(S(C)(=O)=O)cc1. The maximum Gasteiger partial charge on any atom is 0.175 e. The molecule has 7 heteroatoms. The first-order valence-electron chi connectivity index (χ1n) is 6.43. The fraction of sp³-hybridized carbons (Fsp3) is 0.357. The van der Waals surface area contributed by atoms with Gasteiger partial charge >= 0.3 is 0 Å². The third-order valence-corrected chi connectivity index (χ3v) is 5.03. The Balaban J connectivity index is 2.23. The van der Waals surface area contributed by atoms with Crippen molar-refractivity contribution in [2.45, 2.75) is 24.3 Å². The van der Waals surface area contributed by atoms with Gasteiger partial charge in [-0.25, -0.2) is 8.42 Å². The van der Waals surface area contributed by atoms with E-state index in [2.05, 4.69) is 5.10 Å². The molecule has 2 N–H and O–H groups in total. The van der Waals surface area contributed by atoms with Gasteiger partial charge in [-0.15, -0.1) is 0 Å². The first-order valence-corrected chi connectivity index (χ1v) is 8.70. The summed E-state index contributed by atoms with van der Waals surface area (Å²) in [5, 5.41) is 4.83. The summed E-state index contributed by atoms with van der Waals surface area (Å²) in [6.07, 6.45) is 1.73. The third kappa shape index (κ3) is 3.45. The smallest absolute Gasteiger partial charge is 0.175 e. The summed E-state index contributed by atoms with van der Waals surface area (Å²) in [6, 6.07) is 6.35. The van der Waals surface area contributed by atoms with Gasteiger partial charge in [0, 0.05) is 24.9 Å². The van der Waals surface area contributed by atoms with Crippen LogP contribution in [0.15, 0.2) is 29.2 Å². The number of hydrogen-bond donors (Lipinski definition) is 1. The minimum Gasteiger partial charge on any atom is -0.324 e. The van der Waals surface area contributed by atoms with E-state index in [0.717, 1.165) is 16.8 Å². The van der Waals surface area contributed by atoms with Gasteiger partial charge in [0.25, 0.3) is 0 Å². The quantitative estimate of drug-likeness (QED) is 0.932. The van der Waals surface area contributed by atoms with Gasteiger partial charge in [0.2, 0.25) is 0 Å². The van der Waals surface area contributed by atoms with E-state index in [9.17, 15) is 8.42 Å². The number of nitrogens with two attached hydrogens (primary N) is 1. The molecule has 0 aliphatic rings. The third-order valence-electron chi connectivity index (χ3n) is 3.43. The molecule has 114 valence electrons. The van der Waals surface area contributed by atoms with Crippen LogP contribution in [0.25, 0.3) is 0 Å². The maximum absolute atomic E-state index is 11.4. The van der Waals surface area contributed by atoms with Crippen LogP contribution in [0.2, 0.25) is 5.15 Å². The number of hydrogen-bond acceptors (Lipinski definition) is 4. The molecule has 1 unspecified atom stereocenters. The maximum atomic E-state index is 11.4. The molecule has 0 bridgehead atoms. The highest BCUT2D eigenvalue weighted by Crippen LogP contribution is 2.25. The van der Waals surface area contributed by atoms with Crippen molar-refractivity contribution in [2.24, 2.45) is 12.8 Å². The molecule has 0 fully saturated rings. The molecule has 0 aliphatic carbocycles. The van der Waals surface area contributed by atoms with Crippen LogP contribution in [0.5, 0.6) is 0 Å². The second kappa shape index (κ2) is 5.79. The van der Waals surface area contributed by atoms with Crippen LogP contribution in [0.1, 0.15) is 22.9 Å². The van der Waals surface area contributed by atoms with Crippen LogP contribution in [0, 0.1) is 6.92 Å². The van der Waals surface area contributed by atoms with Gasteiger partial charge in [-0.3, -0.25) is 4.68 Å². The number of nitrogens with zero attached hydrogens (tertiary/aromatic N) is 2. The summed E-state index contributed by atoms with van der Waals surface area (Å²) in [5.74, 6) is 0. The first kappa shape index (κ1) is 16.0. The Labute approximate surface area is 129 Å². The fourth-order valence-electron chi connectivity index (χ4n) is 2.21. The van der Waals surface area contributed by atoms with E-state index >= 15 is 0 Å². The van der Waals surface area contributed by atoms with Gasteiger partial charge < -0.3 is 5.73 Å². The van der Waals surface area contributed by atoms with E-state index in [1.165, 1.54) is 6.26 Å². The van der Waals surface area contributed by atoms with Gasteiger partial charge in [-0.05, 0) is 31.0 Å². The van der Waals surface area contributed by atoms with E-state index in [1.807, 2.05) is 6.92 Å². The highest BCUT2D eigenvalue weighted by Gasteiger charge is 2.16. The minimum absolute atomic E-state index is 0.265. The molecule has 2 rings (SSSR count). The largest absolute Gasteiger partial charge is 0.324 e. The zero-order chi connectivity index (χ0) is 15.8. The Bertz CT molecular complexity index is 751. The van der Waals surface area contributed by atoms with Gasteiger partial charge in [0.15, 0.2) is 9.84 Å². The lowest BCUT2D eigenvalue weighted by atomic mass is 10.0. The van der Waals surface area contributed by atoms with E-state index in [4.69, 9.17) is 17.3 Å². The molecule has 0 radical (unpaired) electrons. The predicted molar refractivity (Wildman–Crippen MR) is 83.1 cm³/mol. The summed E-state index contributed by atoms with van der Waals surface area (Å²) < 4.78 is 24.5. The minimum atomic E-state index is -3.19. The van der Waals surface area contributed by atoms with Crippen LogP contribution in [0.4, 0.5) is 0 Å². The van der Waals surface area contributed by atoms with Gasteiger partial charge in [0.05, 0.1) is 10.6 Å². The Morgan fingerprint density at radius 1 is 1.33 bits per heavy atom. The molecule has 1 aromatic heterocycles. The van der Waals surface area contributed by atoms with E-state index in [1.54, 1.807) is 36.0 Å². The Morgan fingerprint density at radius 3 is 2.33 bits per heavy atom. The lowest BCUT2D eigenvalue weighted by Crippen LogP contribution is -2.14. The Hall–Kier alpha value is -1.37. The molecule has 21 heavy (non-hydrogen) atoms. The highest BCUT2D eigenvalue weighted by molar-refractivity contribution is 7.90. The van der Waals surface area contributed by atoms with Crippen molar-refractivity contribution >= 4 is 21.4 Å². The summed E-state index contributed by atoms with van der Waals surface area (Å²) in [6.45, 7) is 1.89. The number of rotatable bonds is 4. The van der Waals surface area contributed by atoms with Crippen molar-refractivity contribution in [3.05, 3.63) is 46.2 Å². The molecule has 1 aromatic carbocycles. The van der Waals surface area contributed by atoms with Crippen molar-refractivity contribution in [1.29, 1.82) is 0 Å². The van der Waals surface area contributed by atoms with E-state index < -0.39 is 9.84 Å². The summed E-state index contributed by atoms with van der Waals surface area (Å²) in [4.78, 5) is 0.286. The molecule has 0 aliphatic heterocycles. The molecule has 0 saturated carbocycles.